The van der Waals surface area contributed by atoms with Crippen LogP contribution >= 0.6 is 0 Å². The summed E-state index contributed by atoms with van der Waals surface area (Å²) >= 11 is 0. The fourth-order valence-electron chi connectivity index (χ4n) is 7.15. The molecule has 25 heavy (non-hydrogen) atoms. The minimum absolute atomic E-state index is 0.0477. The molecule has 0 atom stereocenters. The van der Waals surface area contributed by atoms with Crippen molar-refractivity contribution in [3.05, 3.63) is 0 Å². The zero-order chi connectivity index (χ0) is 17.2. The number of nitrogens with zero attached hydrogens (tertiary/aromatic N) is 2. The van der Waals surface area contributed by atoms with E-state index >= 15 is 0 Å². The van der Waals surface area contributed by atoms with E-state index < -0.39 is 11.8 Å². The molecule has 5 nitrogen and oxygen atoms in total. The van der Waals surface area contributed by atoms with Crippen molar-refractivity contribution < 1.29 is 14.4 Å². The maximum Gasteiger partial charge on any atom is 0.334 e. The zero-order valence-corrected chi connectivity index (χ0v) is 14.9. The van der Waals surface area contributed by atoms with Gasteiger partial charge in [0.25, 0.3) is 0 Å². The van der Waals surface area contributed by atoms with Crippen molar-refractivity contribution in [2.24, 2.45) is 23.2 Å². The Labute approximate surface area is 149 Å². The lowest BCUT2D eigenvalue weighted by molar-refractivity contribution is -0.144. The van der Waals surface area contributed by atoms with Crippen LogP contribution in [0, 0.1) is 23.2 Å². The highest BCUT2D eigenvalue weighted by Gasteiger charge is 2.52. The third-order valence-electron chi connectivity index (χ3n) is 7.80. The molecular formula is C20H28N2O3. The highest BCUT2D eigenvalue weighted by molar-refractivity contribution is 6.44. The van der Waals surface area contributed by atoms with Crippen LogP contribution in [0.4, 0.5) is 4.79 Å². The van der Waals surface area contributed by atoms with Gasteiger partial charge in [0.15, 0.2) is 0 Å². The van der Waals surface area contributed by atoms with Crippen molar-refractivity contribution in [1.29, 1.82) is 0 Å². The topological polar surface area (TPSA) is 57.7 Å². The normalized spacial score (nSPS) is 40.8. The van der Waals surface area contributed by atoms with Gasteiger partial charge >= 0.3 is 17.8 Å². The van der Waals surface area contributed by atoms with Crippen LogP contribution in [0.1, 0.15) is 70.6 Å². The number of imide groups is 2. The molecule has 1 heterocycles. The van der Waals surface area contributed by atoms with Gasteiger partial charge in [0.1, 0.15) is 0 Å². The Bertz CT molecular complexity index is 587. The average Bonchev–Trinajstić information content (AvgIpc) is 3.13. The predicted octanol–water partition coefficient (Wildman–Crippen LogP) is 3.33. The molecule has 0 spiro atoms. The Morgan fingerprint density at radius 2 is 1.40 bits per heavy atom. The van der Waals surface area contributed by atoms with Crippen molar-refractivity contribution >= 4 is 17.8 Å². The minimum Gasteiger partial charge on any atom is -0.263 e. The molecule has 0 N–H and O–H groups in total. The summed E-state index contributed by atoms with van der Waals surface area (Å²) in [6.07, 6.45) is 12.7. The lowest BCUT2D eigenvalue weighted by atomic mass is 9.49. The molecule has 4 amide bonds. The quantitative estimate of drug-likeness (QED) is 0.581. The summed E-state index contributed by atoms with van der Waals surface area (Å²) in [5.74, 6) is 1.44. The van der Waals surface area contributed by atoms with Crippen LogP contribution in [0.25, 0.3) is 0 Å². The molecular weight excluding hydrogens is 316 g/mol. The first kappa shape index (κ1) is 15.8. The molecule has 0 unspecified atom stereocenters. The second-order valence-electron chi connectivity index (χ2n) is 9.52. The average molecular weight is 344 g/mol. The van der Waals surface area contributed by atoms with Gasteiger partial charge < -0.3 is 0 Å². The standard InChI is InChI=1S/C20H28N2O3/c23-17-18(24)22(16-3-1-2-4-16)19(25)21(17)6-5-20-10-13-7-14(11-20)9-15(8-13)12-20/h13-16H,1-12H2. The van der Waals surface area contributed by atoms with Crippen LogP contribution in [0.3, 0.4) is 0 Å². The second kappa shape index (κ2) is 5.55. The first-order valence-corrected chi connectivity index (χ1v) is 10.2. The first-order chi connectivity index (χ1) is 12.0. The van der Waals surface area contributed by atoms with Crippen molar-refractivity contribution in [2.45, 2.75) is 76.7 Å². The molecule has 1 saturated heterocycles. The zero-order valence-electron chi connectivity index (χ0n) is 14.9. The summed E-state index contributed by atoms with van der Waals surface area (Å²) in [5.41, 5.74) is 0.332. The predicted molar refractivity (Wildman–Crippen MR) is 91.4 cm³/mol. The molecule has 136 valence electrons. The Hall–Kier alpha value is -1.39. The van der Waals surface area contributed by atoms with E-state index in [0.717, 1.165) is 49.9 Å². The van der Waals surface area contributed by atoms with Gasteiger partial charge in [0, 0.05) is 12.6 Å². The summed E-state index contributed by atoms with van der Waals surface area (Å²) in [4.78, 5) is 40.0. The number of hydrogen-bond donors (Lipinski definition) is 0. The second-order valence-corrected chi connectivity index (χ2v) is 9.52. The van der Waals surface area contributed by atoms with Gasteiger partial charge in [-0.1, -0.05) is 12.8 Å². The van der Waals surface area contributed by atoms with Crippen LogP contribution < -0.4 is 0 Å². The van der Waals surface area contributed by atoms with E-state index in [4.69, 9.17) is 0 Å². The Balaban J connectivity index is 1.29. The van der Waals surface area contributed by atoms with Gasteiger partial charge in [-0.2, -0.15) is 0 Å². The molecule has 5 aliphatic carbocycles. The van der Waals surface area contributed by atoms with Gasteiger partial charge in [-0.15, -0.1) is 0 Å². The summed E-state index contributed by atoms with van der Waals surface area (Å²) in [7, 11) is 0. The van der Waals surface area contributed by atoms with Gasteiger partial charge in [-0.3, -0.25) is 19.4 Å². The Morgan fingerprint density at radius 3 is 1.96 bits per heavy atom. The highest BCUT2D eigenvalue weighted by Crippen LogP contribution is 2.61. The fraction of sp³-hybridized carbons (Fsp3) is 0.850. The smallest absolute Gasteiger partial charge is 0.263 e. The minimum atomic E-state index is -0.582. The lowest BCUT2D eigenvalue weighted by Gasteiger charge is -2.57. The maximum absolute atomic E-state index is 12.7. The molecule has 6 fully saturated rings. The number of hydrogen-bond acceptors (Lipinski definition) is 3. The maximum atomic E-state index is 12.7. The summed E-state index contributed by atoms with van der Waals surface area (Å²) in [5, 5.41) is 0. The number of amides is 4. The van der Waals surface area contributed by atoms with Crippen molar-refractivity contribution in [2.75, 3.05) is 6.54 Å². The molecule has 0 aromatic rings. The fourth-order valence-corrected chi connectivity index (χ4v) is 7.15. The van der Waals surface area contributed by atoms with Gasteiger partial charge in [-0.05, 0) is 81.0 Å². The molecule has 5 heteroatoms. The molecule has 0 aromatic carbocycles. The van der Waals surface area contributed by atoms with E-state index in [0.29, 0.717) is 12.0 Å². The van der Waals surface area contributed by atoms with E-state index in [1.807, 2.05) is 0 Å². The van der Waals surface area contributed by atoms with Crippen molar-refractivity contribution in [3.63, 3.8) is 0 Å². The molecule has 1 aliphatic heterocycles. The van der Waals surface area contributed by atoms with Crippen molar-refractivity contribution in [1.82, 2.24) is 9.80 Å². The third-order valence-corrected chi connectivity index (χ3v) is 7.80. The first-order valence-electron chi connectivity index (χ1n) is 10.2. The van der Waals surface area contributed by atoms with Gasteiger partial charge in [-0.25, -0.2) is 4.79 Å². The summed E-state index contributed by atoms with van der Waals surface area (Å²) in [6, 6.07) is -0.389. The molecule has 4 bridgehead atoms. The Morgan fingerprint density at radius 1 is 0.840 bits per heavy atom. The highest BCUT2D eigenvalue weighted by atomic mass is 16.2. The summed E-state index contributed by atoms with van der Waals surface area (Å²) in [6.45, 7) is 0.443. The van der Waals surface area contributed by atoms with Crippen LogP contribution in [0.15, 0.2) is 0 Å². The largest absolute Gasteiger partial charge is 0.334 e. The van der Waals surface area contributed by atoms with E-state index in [9.17, 15) is 14.4 Å². The van der Waals surface area contributed by atoms with Crippen LogP contribution in [-0.4, -0.2) is 40.2 Å². The van der Waals surface area contributed by atoms with Crippen LogP contribution in [0.5, 0.6) is 0 Å². The molecule has 6 aliphatic rings. The third kappa shape index (κ3) is 2.45. The van der Waals surface area contributed by atoms with Crippen LogP contribution in [0.2, 0.25) is 0 Å². The number of urea groups is 1. The molecule has 6 rings (SSSR count). The van der Waals surface area contributed by atoms with Crippen LogP contribution in [-0.2, 0) is 9.59 Å². The summed E-state index contributed by atoms with van der Waals surface area (Å²) < 4.78 is 0. The van der Waals surface area contributed by atoms with E-state index in [-0.39, 0.29) is 12.1 Å². The number of rotatable bonds is 4. The lowest BCUT2D eigenvalue weighted by Crippen LogP contribution is -2.48. The van der Waals surface area contributed by atoms with E-state index in [2.05, 4.69) is 0 Å². The Kier molecular flexibility index (Phi) is 3.52. The molecule has 0 radical (unpaired) electrons. The molecule has 0 aromatic heterocycles. The van der Waals surface area contributed by atoms with E-state index in [1.54, 1.807) is 0 Å². The van der Waals surface area contributed by atoms with Crippen molar-refractivity contribution in [3.8, 4) is 0 Å². The monoisotopic (exact) mass is 344 g/mol. The van der Waals surface area contributed by atoms with E-state index in [1.165, 1.54) is 48.3 Å². The number of carbonyl (C=O) groups is 3. The SMILES string of the molecule is O=C1C(=O)N(C2CCCC2)C(=O)N1CCC12CC3CC(CC(C3)C1)C2. The van der Waals surface area contributed by atoms with Gasteiger partial charge in [0.2, 0.25) is 0 Å². The number of carbonyl (C=O) groups excluding carboxylic acids is 3. The van der Waals surface area contributed by atoms with Gasteiger partial charge in [0.05, 0.1) is 0 Å². The molecule has 5 saturated carbocycles.